The van der Waals surface area contributed by atoms with Crippen molar-refractivity contribution < 1.29 is 0 Å². The van der Waals surface area contributed by atoms with Crippen LogP contribution < -0.4 is 16.1 Å². The number of fused-ring (bicyclic) bond motifs is 1. The number of likely N-dealkylation sites (N-methyl/N-ethyl adjacent to an activating group) is 1. The lowest BCUT2D eigenvalue weighted by atomic mass is 10.1. The summed E-state index contributed by atoms with van der Waals surface area (Å²) in [7, 11) is 2.08. The summed E-state index contributed by atoms with van der Waals surface area (Å²) in [6.07, 6.45) is 0. The van der Waals surface area contributed by atoms with Crippen molar-refractivity contribution in [2.24, 2.45) is 0 Å². The number of hydrogen-bond donors (Lipinski definition) is 1. The molecule has 1 fully saturated rings. The van der Waals surface area contributed by atoms with E-state index in [1.54, 1.807) is 6.07 Å². The average Bonchev–Trinajstić information content (AvgIpc) is 2.65. The Kier molecular flexibility index (Phi) is 4.76. The van der Waals surface area contributed by atoms with E-state index >= 15 is 0 Å². The van der Waals surface area contributed by atoms with Gasteiger partial charge in [-0.15, -0.1) is 0 Å². The van der Waals surface area contributed by atoms with Gasteiger partial charge in [-0.25, -0.2) is 4.79 Å². The van der Waals surface area contributed by atoms with E-state index in [9.17, 15) is 9.59 Å². The topological polar surface area (TPSA) is 61.3 Å². The maximum atomic E-state index is 13.3. The van der Waals surface area contributed by atoms with Crippen molar-refractivity contribution in [2.75, 3.05) is 38.1 Å². The highest BCUT2D eigenvalue weighted by atomic mass is 35.5. The van der Waals surface area contributed by atoms with E-state index < -0.39 is 5.69 Å². The molecule has 1 saturated heterocycles. The highest BCUT2D eigenvalue weighted by molar-refractivity contribution is 6.31. The van der Waals surface area contributed by atoms with Crippen molar-refractivity contribution in [1.29, 1.82) is 0 Å². The summed E-state index contributed by atoms with van der Waals surface area (Å²) in [6.45, 7) is 3.67. The molecule has 4 rings (SSSR count). The van der Waals surface area contributed by atoms with Gasteiger partial charge in [0.15, 0.2) is 0 Å². The van der Waals surface area contributed by atoms with Gasteiger partial charge in [0.05, 0.1) is 23.1 Å². The van der Waals surface area contributed by atoms with E-state index in [-0.39, 0.29) is 12.1 Å². The van der Waals surface area contributed by atoms with Gasteiger partial charge in [-0.3, -0.25) is 9.36 Å². The minimum absolute atomic E-state index is 0.232. The van der Waals surface area contributed by atoms with Crippen LogP contribution in [0.5, 0.6) is 0 Å². The summed E-state index contributed by atoms with van der Waals surface area (Å²) in [6, 6.07) is 13.0. The first kappa shape index (κ1) is 17.8. The second kappa shape index (κ2) is 7.21. The molecule has 0 spiro atoms. The molecule has 1 N–H and O–H groups in total. The molecule has 2 heterocycles. The lowest BCUT2D eigenvalue weighted by molar-refractivity contribution is 0.313. The molecule has 6 nitrogen and oxygen atoms in total. The fourth-order valence-corrected chi connectivity index (χ4v) is 3.74. The largest absolute Gasteiger partial charge is 0.368 e. The van der Waals surface area contributed by atoms with Crippen molar-refractivity contribution >= 4 is 28.2 Å². The number of aromatic nitrogens is 2. The van der Waals surface area contributed by atoms with Crippen molar-refractivity contribution in [3.8, 4) is 0 Å². The molecule has 7 heteroatoms. The number of rotatable bonds is 3. The summed E-state index contributed by atoms with van der Waals surface area (Å²) in [5.41, 5.74) is 1.45. The number of benzene rings is 2. The van der Waals surface area contributed by atoms with Gasteiger partial charge in [-0.05, 0) is 24.7 Å². The van der Waals surface area contributed by atoms with Crippen LogP contribution in [0.2, 0.25) is 5.02 Å². The fourth-order valence-electron chi connectivity index (χ4n) is 3.53. The number of piperazine rings is 1. The molecule has 0 atom stereocenters. The van der Waals surface area contributed by atoms with Gasteiger partial charge in [0.2, 0.25) is 0 Å². The first-order chi connectivity index (χ1) is 13.0. The Hall–Kier alpha value is -2.57. The highest BCUT2D eigenvalue weighted by Crippen LogP contribution is 2.28. The van der Waals surface area contributed by atoms with Crippen LogP contribution in [0.3, 0.4) is 0 Å². The van der Waals surface area contributed by atoms with Crippen LogP contribution in [0.1, 0.15) is 5.56 Å². The first-order valence-electron chi connectivity index (χ1n) is 8.97. The Balaban J connectivity index is 1.87. The van der Waals surface area contributed by atoms with Gasteiger partial charge in [0, 0.05) is 31.2 Å². The van der Waals surface area contributed by atoms with Crippen LogP contribution >= 0.6 is 11.6 Å². The minimum Gasteiger partial charge on any atom is -0.368 e. The quantitative estimate of drug-likeness (QED) is 0.751. The average molecular weight is 385 g/mol. The molecule has 0 radical (unpaired) electrons. The fraction of sp³-hybridized carbons (Fsp3) is 0.300. The van der Waals surface area contributed by atoms with Crippen molar-refractivity contribution in [1.82, 2.24) is 14.5 Å². The van der Waals surface area contributed by atoms with Crippen LogP contribution in [0.15, 0.2) is 52.1 Å². The summed E-state index contributed by atoms with van der Waals surface area (Å²) in [4.78, 5) is 33.1. The molecule has 0 aliphatic carbocycles. The molecular formula is C20H21ClN4O2. The van der Waals surface area contributed by atoms with E-state index in [1.165, 1.54) is 4.57 Å². The molecule has 0 amide bonds. The predicted molar refractivity (Wildman–Crippen MR) is 109 cm³/mol. The molecule has 3 aromatic rings. The Morgan fingerprint density at radius 3 is 2.44 bits per heavy atom. The summed E-state index contributed by atoms with van der Waals surface area (Å²) >= 11 is 6.28. The van der Waals surface area contributed by atoms with Crippen molar-refractivity contribution in [3.63, 3.8) is 0 Å². The number of nitrogens with one attached hydrogen (secondary N) is 1. The number of aromatic amines is 1. The zero-order valence-corrected chi connectivity index (χ0v) is 15.9. The molecule has 140 valence electrons. The number of H-pyrrole nitrogens is 1. The van der Waals surface area contributed by atoms with Gasteiger partial charge in [0.1, 0.15) is 0 Å². The zero-order valence-electron chi connectivity index (χ0n) is 15.1. The SMILES string of the molecule is CN1CCN(c2cc(Cl)cc3[nH]c(=O)n(Cc4ccccc4)c(=O)c23)CC1. The lowest BCUT2D eigenvalue weighted by Gasteiger charge is -2.34. The first-order valence-corrected chi connectivity index (χ1v) is 9.34. The third-order valence-corrected chi connectivity index (χ3v) is 5.27. The molecule has 1 aromatic heterocycles. The van der Waals surface area contributed by atoms with Crippen LogP contribution in [0.25, 0.3) is 10.9 Å². The summed E-state index contributed by atoms with van der Waals surface area (Å²) in [5, 5.41) is 1.02. The third kappa shape index (κ3) is 3.50. The van der Waals surface area contributed by atoms with E-state index in [0.717, 1.165) is 37.4 Å². The maximum Gasteiger partial charge on any atom is 0.329 e. The lowest BCUT2D eigenvalue weighted by Crippen LogP contribution is -2.45. The number of hydrogen-bond acceptors (Lipinski definition) is 4. The molecule has 1 aliphatic rings. The predicted octanol–water partition coefficient (Wildman–Crippen LogP) is 2.14. The number of anilines is 1. The smallest absolute Gasteiger partial charge is 0.329 e. The molecular weight excluding hydrogens is 364 g/mol. The summed E-state index contributed by atoms with van der Waals surface area (Å²) in [5.74, 6) is 0. The maximum absolute atomic E-state index is 13.3. The zero-order chi connectivity index (χ0) is 19.0. The molecule has 0 bridgehead atoms. The molecule has 2 aromatic carbocycles. The third-order valence-electron chi connectivity index (χ3n) is 5.06. The number of halogens is 1. The van der Waals surface area contributed by atoms with Crippen LogP contribution in [0.4, 0.5) is 5.69 Å². The monoisotopic (exact) mass is 384 g/mol. The van der Waals surface area contributed by atoms with Gasteiger partial charge < -0.3 is 14.8 Å². The van der Waals surface area contributed by atoms with Crippen LogP contribution in [0, 0.1) is 0 Å². The Morgan fingerprint density at radius 2 is 1.74 bits per heavy atom. The van der Waals surface area contributed by atoms with Gasteiger partial charge >= 0.3 is 5.69 Å². The summed E-state index contributed by atoms with van der Waals surface area (Å²) < 4.78 is 1.26. The Bertz CT molecular complexity index is 1080. The Morgan fingerprint density at radius 1 is 1.04 bits per heavy atom. The van der Waals surface area contributed by atoms with E-state index in [4.69, 9.17) is 11.6 Å². The highest BCUT2D eigenvalue weighted by Gasteiger charge is 2.20. The van der Waals surface area contributed by atoms with E-state index in [1.807, 2.05) is 36.4 Å². The van der Waals surface area contributed by atoms with Crippen molar-refractivity contribution in [3.05, 3.63) is 73.9 Å². The normalized spacial score (nSPS) is 15.4. The number of nitrogens with zero attached hydrogens (tertiary/aromatic N) is 3. The van der Waals surface area contributed by atoms with Gasteiger partial charge in [0.25, 0.3) is 5.56 Å². The minimum atomic E-state index is -0.428. The van der Waals surface area contributed by atoms with Gasteiger partial charge in [-0.1, -0.05) is 41.9 Å². The second-order valence-electron chi connectivity index (χ2n) is 6.94. The molecule has 27 heavy (non-hydrogen) atoms. The Labute approximate surface area is 161 Å². The van der Waals surface area contributed by atoms with Crippen LogP contribution in [-0.4, -0.2) is 47.7 Å². The van der Waals surface area contributed by atoms with E-state index in [0.29, 0.717) is 15.9 Å². The van der Waals surface area contributed by atoms with Crippen LogP contribution in [-0.2, 0) is 6.54 Å². The van der Waals surface area contributed by atoms with Crippen molar-refractivity contribution in [2.45, 2.75) is 6.54 Å². The standard InChI is InChI=1S/C20H21ClN4O2/c1-23-7-9-24(10-8-23)17-12-15(21)11-16-18(17)19(26)25(20(27)22-16)13-14-5-3-2-4-6-14/h2-6,11-12H,7-10,13H2,1H3,(H,22,27). The van der Waals surface area contributed by atoms with Gasteiger partial charge in [-0.2, -0.15) is 0 Å². The van der Waals surface area contributed by atoms with E-state index in [2.05, 4.69) is 21.8 Å². The molecule has 0 saturated carbocycles. The second-order valence-corrected chi connectivity index (χ2v) is 7.38. The molecule has 1 aliphatic heterocycles. The molecule has 0 unspecified atom stereocenters.